The van der Waals surface area contributed by atoms with Crippen molar-refractivity contribution < 1.29 is 4.79 Å². The summed E-state index contributed by atoms with van der Waals surface area (Å²) >= 11 is 6.04. The van der Waals surface area contributed by atoms with E-state index in [1.165, 1.54) is 0 Å². The Kier molecular flexibility index (Phi) is 4.54. The topological polar surface area (TPSA) is 71.8 Å². The Balaban J connectivity index is 1.71. The summed E-state index contributed by atoms with van der Waals surface area (Å²) in [4.78, 5) is 16.0. The van der Waals surface area contributed by atoms with Gasteiger partial charge in [0.1, 0.15) is 0 Å². The molecule has 0 saturated heterocycles. The largest absolute Gasteiger partial charge is 0.334 e. The molecule has 116 valence electrons. The molecule has 0 unspecified atom stereocenters. The van der Waals surface area contributed by atoms with Crippen LogP contribution in [0.2, 0.25) is 5.02 Å². The Morgan fingerprint density at radius 2 is 2.00 bits per heavy atom. The lowest BCUT2D eigenvalue weighted by Gasteiger charge is -2.12. The normalized spacial score (nSPS) is 10.3. The zero-order chi connectivity index (χ0) is 16.1. The molecule has 0 aliphatic rings. The van der Waals surface area contributed by atoms with Crippen molar-refractivity contribution in [1.29, 1.82) is 0 Å². The molecule has 0 fully saturated rings. The molecule has 6 nitrogen and oxygen atoms in total. The number of halogens is 1. The minimum atomic E-state index is -0.308. The van der Waals surface area contributed by atoms with Crippen LogP contribution in [0.15, 0.2) is 61.2 Å². The number of nitrogens with zero attached hydrogens (tertiary/aromatic N) is 3. The van der Waals surface area contributed by atoms with Gasteiger partial charge in [-0.25, -0.2) is 9.48 Å². The number of aromatic nitrogens is 3. The Bertz CT molecular complexity index is 789. The fourth-order valence-corrected chi connectivity index (χ4v) is 2.23. The lowest BCUT2D eigenvalue weighted by atomic mass is 10.2. The summed E-state index contributed by atoms with van der Waals surface area (Å²) in [5.41, 5.74) is 2.28. The highest BCUT2D eigenvalue weighted by Gasteiger charge is 2.09. The number of urea groups is 1. The van der Waals surface area contributed by atoms with Crippen LogP contribution in [0.3, 0.4) is 0 Å². The number of amides is 2. The number of anilines is 1. The van der Waals surface area contributed by atoms with Crippen molar-refractivity contribution in [2.24, 2.45) is 0 Å². The van der Waals surface area contributed by atoms with Gasteiger partial charge in [0.15, 0.2) is 0 Å². The van der Waals surface area contributed by atoms with Gasteiger partial charge in [0, 0.05) is 36.4 Å². The second-order valence-electron chi connectivity index (χ2n) is 4.78. The van der Waals surface area contributed by atoms with Crippen LogP contribution >= 0.6 is 11.6 Å². The average molecular weight is 328 g/mol. The molecule has 3 aromatic rings. The van der Waals surface area contributed by atoms with Crippen molar-refractivity contribution in [3.8, 4) is 5.69 Å². The van der Waals surface area contributed by atoms with Crippen LogP contribution in [0.4, 0.5) is 10.5 Å². The lowest BCUT2D eigenvalue weighted by molar-refractivity contribution is 0.251. The third kappa shape index (κ3) is 3.87. The Morgan fingerprint density at radius 3 is 2.74 bits per heavy atom. The highest BCUT2D eigenvalue weighted by Crippen LogP contribution is 2.23. The second kappa shape index (κ2) is 6.93. The molecule has 0 aliphatic carbocycles. The molecule has 2 aromatic heterocycles. The molecule has 0 bridgehead atoms. The molecule has 7 heteroatoms. The summed E-state index contributed by atoms with van der Waals surface area (Å²) in [5, 5.41) is 10.3. The summed E-state index contributed by atoms with van der Waals surface area (Å²) in [5.74, 6) is 0. The number of benzene rings is 1. The molecule has 0 atom stereocenters. The van der Waals surface area contributed by atoms with Crippen LogP contribution in [0.5, 0.6) is 0 Å². The van der Waals surface area contributed by atoms with E-state index in [-0.39, 0.29) is 6.03 Å². The van der Waals surface area contributed by atoms with E-state index in [0.717, 1.165) is 5.56 Å². The number of hydrogen-bond acceptors (Lipinski definition) is 3. The molecular formula is C16H14ClN5O. The average Bonchev–Trinajstić information content (AvgIpc) is 3.10. The molecule has 2 N–H and O–H groups in total. The number of pyridine rings is 1. The zero-order valence-corrected chi connectivity index (χ0v) is 12.9. The summed E-state index contributed by atoms with van der Waals surface area (Å²) in [6.07, 6.45) is 6.81. The molecule has 0 radical (unpaired) electrons. The monoisotopic (exact) mass is 327 g/mol. The minimum absolute atomic E-state index is 0.308. The second-order valence-corrected chi connectivity index (χ2v) is 5.21. The Morgan fingerprint density at radius 1 is 1.17 bits per heavy atom. The summed E-state index contributed by atoms with van der Waals surface area (Å²) in [6.45, 7) is 0.416. The molecule has 3 rings (SSSR count). The zero-order valence-electron chi connectivity index (χ0n) is 12.1. The van der Waals surface area contributed by atoms with Gasteiger partial charge in [-0.05, 0) is 42.0 Å². The molecule has 2 amide bonds. The van der Waals surface area contributed by atoms with Gasteiger partial charge in [0.2, 0.25) is 0 Å². The Hall–Kier alpha value is -2.86. The van der Waals surface area contributed by atoms with Crippen LogP contribution in [0.1, 0.15) is 5.56 Å². The van der Waals surface area contributed by atoms with Crippen molar-refractivity contribution in [2.45, 2.75) is 6.54 Å². The molecule has 23 heavy (non-hydrogen) atoms. The molecule has 1 aromatic carbocycles. The van der Waals surface area contributed by atoms with Gasteiger partial charge in [-0.2, -0.15) is 5.10 Å². The highest BCUT2D eigenvalue weighted by molar-refractivity contribution is 6.30. The first-order chi connectivity index (χ1) is 11.2. The quantitative estimate of drug-likeness (QED) is 0.772. The van der Waals surface area contributed by atoms with Gasteiger partial charge < -0.3 is 10.6 Å². The number of carbonyl (C=O) groups excluding carboxylic acids is 1. The fourth-order valence-electron chi connectivity index (χ4n) is 2.06. The number of rotatable bonds is 4. The van der Waals surface area contributed by atoms with Crippen molar-refractivity contribution in [1.82, 2.24) is 20.1 Å². The van der Waals surface area contributed by atoms with Crippen molar-refractivity contribution in [2.75, 3.05) is 5.32 Å². The lowest BCUT2D eigenvalue weighted by Crippen LogP contribution is -2.28. The predicted molar refractivity (Wildman–Crippen MR) is 88.7 cm³/mol. The van der Waals surface area contributed by atoms with Gasteiger partial charge >= 0.3 is 6.03 Å². The standard InChI is InChI=1S/C16H14ClN5O/c17-13-2-3-14(15(10-13)22-9-1-6-20-22)21-16(23)19-11-12-4-7-18-8-5-12/h1-10H,11H2,(H2,19,21,23). The van der Waals surface area contributed by atoms with Crippen LogP contribution in [0, 0.1) is 0 Å². The van der Waals surface area contributed by atoms with Gasteiger partial charge in [-0.1, -0.05) is 11.6 Å². The fraction of sp³-hybridized carbons (Fsp3) is 0.0625. The molecule has 2 heterocycles. The molecule has 0 aliphatic heterocycles. The highest BCUT2D eigenvalue weighted by atomic mass is 35.5. The minimum Gasteiger partial charge on any atom is -0.334 e. The summed E-state index contributed by atoms with van der Waals surface area (Å²) in [7, 11) is 0. The van der Waals surface area contributed by atoms with E-state index in [2.05, 4.69) is 20.7 Å². The van der Waals surface area contributed by atoms with Crippen LogP contribution in [-0.4, -0.2) is 20.8 Å². The van der Waals surface area contributed by atoms with Crippen molar-refractivity contribution >= 4 is 23.3 Å². The van der Waals surface area contributed by atoms with Gasteiger partial charge in [0.05, 0.1) is 11.4 Å². The van der Waals surface area contributed by atoms with E-state index in [0.29, 0.717) is 22.9 Å². The molecule has 0 spiro atoms. The van der Waals surface area contributed by atoms with Crippen molar-refractivity contribution in [3.05, 3.63) is 71.8 Å². The number of hydrogen-bond donors (Lipinski definition) is 2. The van der Waals surface area contributed by atoms with Crippen LogP contribution in [0.25, 0.3) is 5.69 Å². The first kappa shape index (κ1) is 15.1. The first-order valence-corrected chi connectivity index (χ1v) is 7.33. The third-order valence-corrected chi connectivity index (χ3v) is 3.40. The Labute approximate surface area is 138 Å². The van der Waals surface area contributed by atoms with E-state index in [1.54, 1.807) is 53.7 Å². The van der Waals surface area contributed by atoms with Gasteiger partial charge in [-0.15, -0.1) is 0 Å². The predicted octanol–water partition coefficient (Wildman–Crippen LogP) is 3.24. The van der Waals surface area contributed by atoms with E-state index >= 15 is 0 Å². The number of carbonyl (C=O) groups is 1. The smallest absolute Gasteiger partial charge is 0.319 e. The first-order valence-electron chi connectivity index (χ1n) is 6.96. The van der Waals surface area contributed by atoms with Crippen molar-refractivity contribution in [3.63, 3.8) is 0 Å². The van der Waals surface area contributed by atoms with E-state index in [1.807, 2.05) is 12.1 Å². The maximum atomic E-state index is 12.1. The molecule has 0 saturated carbocycles. The van der Waals surface area contributed by atoms with Crippen LogP contribution < -0.4 is 10.6 Å². The SMILES string of the molecule is O=C(NCc1ccncc1)Nc1ccc(Cl)cc1-n1cccn1. The summed E-state index contributed by atoms with van der Waals surface area (Å²) in [6, 6.07) is 10.4. The third-order valence-electron chi connectivity index (χ3n) is 3.16. The summed E-state index contributed by atoms with van der Waals surface area (Å²) < 4.78 is 1.64. The molecular weight excluding hydrogens is 314 g/mol. The van der Waals surface area contributed by atoms with Gasteiger partial charge in [0.25, 0.3) is 0 Å². The van der Waals surface area contributed by atoms with Crippen LogP contribution in [-0.2, 0) is 6.54 Å². The van der Waals surface area contributed by atoms with Gasteiger partial charge in [-0.3, -0.25) is 4.98 Å². The van der Waals surface area contributed by atoms with E-state index in [4.69, 9.17) is 11.6 Å². The maximum absolute atomic E-state index is 12.1. The van der Waals surface area contributed by atoms with E-state index < -0.39 is 0 Å². The van der Waals surface area contributed by atoms with E-state index in [9.17, 15) is 4.79 Å². The maximum Gasteiger partial charge on any atom is 0.319 e. The number of nitrogens with one attached hydrogen (secondary N) is 2.